The van der Waals surface area contributed by atoms with Gasteiger partial charge in [0.2, 0.25) is 5.91 Å². The Balaban J connectivity index is 2.28. The molecule has 1 atom stereocenters. The summed E-state index contributed by atoms with van der Waals surface area (Å²) >= 11 is 6.95. The first-order valence-corrected chi connectivity index (χ1v) is 7.63. The molecule has 1 amide bonds. The fourth-order valence-electron chi connectivity index (χ4n) is 1.42. The van der Waals surface area contributed by atoms with Gasteiger partial charge in [-0.2, -0.15) is 11.8 Å². The summed E-state index contributed by atoms with van der Waals surface area (Å²) in [5.74, 6) is -0.507. The van der Waals surface area contributed by atoms with Gasteiger partial charge in [0.1, 0.15) is 11.9 Å². The van der Waals surface area contributed by atoms with Crippen molar-refractivity contribution in [1.29, 1.82) is 0 Å². The molecule has 0 saturated heterocycles. The van der Waals surface area contributed by atoms with Crippen LogP contribution in [0.3, 0.4) is 0 Å². The highest BCUT2D eigenvalue weighted by molar-refractivity contribution is 7.99. The molecule has 0 aromatic heterocycles. The number of esters is 1. The van der Waals surface area contributed by atoms with Crippen LogP contribution in [0.15, 0.2) is 18.2 Å². The lowest BCUT2D eigenvalue weighted by atomic mass is 10.2. The molecule has 0 heterocycles. The summed E-state index contributed by atoms with van der Waals surface area (Å²) in [6, 6.07) is 3.27. The minimum absolute atomic E-state index is 0.0514. The number of hydrogen-bond donors (Lipinski definition) is 2. The van der Waals surface area contributed by atoms with Crippen LogP contribution in [0.4, 0.5) is 10.1 Å². The van der Waals surface area contributed by atoms with Crippen molar-refractivity contribution in [2.24, 2.45) is 5.73 Å². The van der Waals surface area contributed by atoms with E-state index in [2.05, 4.69) is 10.1 Å². The van der Waals surface area contributed by atoms with E-state index in [0.29, 0.717) is 17.9 Å². The second-order valence-corrected chi connectivity index (χ2v) is 5.66. The molecular weight excluding hydrogens is 319 g/mol. The van der Waals surface area contributed by atoms with Gasteiger partial charge in [-0.15, -0.1) is 0 Å². The van der Waals surface area contributed by atoms with Crippen LogP contribution in [0.2, 0.25) is 5.02 Å². The molecular formula is C13H16ClFN2O3S. The largest absolute Gasteiger partial charge is 0.468 e. The number of carbonyl (C=O) groups is 2. The number of ether oxygens (including phenoxy) is 1. The monoisotopic (exact) mass is 334 g/mol. The third-order valence-electron chi connectivity index (χ3n) is 2.51. The molecule has 0 spiro atoms. The Morgan fingerprint density at radius 1 is 1.52 bits per heavy atom. The fourth-order valence-corrected chi connectivity index (χ4v) is 2.42. The number of benzene rings is 1. The van der Waals surface area contributed by atoms with E-state index >= 15 is 0 Å². The average Bonchev–Trinajstić information content (AvgIpc) is 2.46. The van der Waals surface area contributed by atoms with E-state index in [4.69, 9.17) is 17.3 Å². The molecule has 0 aliphatic rings. The first-order valence-electron chi connectivity index (χ1n) is 6.10. The van der Waals surface area contributed by atoms with Gasteiger partial charge in [0.15, 0.2) is 0 Å². The molecule has 116 valence electrons. The van der Waals surface area contributed by atoms with Crippen molar-refractivity contribution in [1.82, 2.24) is 0 Å². The molecule has 0 aliphatic carbocycles. The molecule has 1 rings (SSSR count). The van der Waals surface area contributed by atoms with E-state index in [1.165, 1.54) is 37.1 Å². The smallest absolute Gasteiger partial charge is 0.322 e. The highest BCUT2D eigenvalue weighted by Crippen LogP contribution is 2.19. The van der Waals surface area contributed by atoms with Gasteiger partial charge in [-0.3, -0.25) is 9.59 Å². The van der Waals surface area contributed by atoms with Crippen LogP contribution in [0.25, 0.3) is 0 Å². The van der Waals surface area contributed by atoms with Crippen molar-refractivity contribution in [3.63, 3.8) is 0 Å². The molecule has 0 fully saturated rings. The molecule has 8 heteroatoms. The number of nitrogens with two attached hydrogens (primary N) is 1. The number of amides is 1. The molecule has 1 unspecified atom stereocenters. The fraction of sp³-hybridized carbons (Fsp3) is 0.385. The molecule has 1 aromatic rings. The van der Waals surface area contributed by atoms with Gasteiger partial charge in [-0.05, 0) is 30.4 Å². The van der Waals surface area contributed by atoms with Gasteiger partial charge in [0.25, 0.3) is 0 Å². The standard InChI is InChI=1S/C13H16ClFN2O3S/c1-20-13(19)11(16)4-5-21-7-12(18)17-8-2-3-10(15)9(14)6-8/h2-3,6,11H,4-5,7,16H2,1H3,(H,17,18). The summed E-state index contributed by atoms with van der Waals surface area (Å²) in [6.45, 7) is 0. The third kappa shape index (κ3) is 6.33. The highest BCUT2D eigenvalue weighted by atomic mass is 35.5. The summed E-state index contributed by atoms with van der Waals surface area (Å²) in [5.41, 5.74) is 5.99. The number of methoxy groups -OCH3 is 1. The predicted octanol–water partition coefficient (Wildman–Crippen LogP) is 2.04. The van der Waals surface area contributed by atoms with Gasteiger partial charge >= 0.3 is 5.97 Å². The number of anilines is 1. The van der Waals surface area contributed by atoms with Crippen molar-refractivity contribution < 1.29 is 18.7 Å². The predicted molar refractivity (Wildman–Crippen MR) is 82.0 cm³/mol. The maximum atomic E-state index is 13.0. The zero-order chi connectivity index (χ0) is 15.8. The molecule has 5 nitrogen and oxygen atoms in total. The lowest BCUT2D eigenvalue weighted by molar-refractivity contribution is -0.142. The van der Waals surface area contributed by atoms with Gasteiger partial charge in [0, 0.05) is 5.69 Å². The van der Waals surface area contributed by atoms with Gasteiger partial charge < -0.3 is 15.8 Å². The van der Waals surface area contributed by atoms with Crippen LogP contribution in [0, 0.1) is 5.82 Å². The number of rotatable bonds is 7. The lowest BCUT2D eigenvalue weighted by Crippen LogP contribution is -2.32. The van der Waals surface area contributed by atoms with Crippen LogP contribution in [0.5, 0.6) is 0 Å². The van der Waals surface area contributed by atoms with Crippen LogP contribution in [-0.2, 0) is 14.3 Å². The van der Waals surface area contributed by atoms with Crippen LogP contribution in [-0.4, -0.2) is 36.5 Å². The van der Waals surface area contributed by atoms with E-state index in [9.17, 15) is 14.0 Å². The lowest BCUT2D eigenvalue weighted by Gasteiger charge is -2.09. The summed E-state index contributed by atoms with van der Waals surface area (Å²) in [7, 11) is 1.27. The molecule has 0 saturated carbocycles. The quantitative estimate of drug-likeness (QED) is 0.589. The molecule has 0 aliphatic heterocycles. The Morgan fingerprint density at radius 3 is 2.86 bits per heavy atom. The summed E-state index contributed by atoms with van der Waals surface area (Å²) in [5, 5.41) is 2.55. The number of thioether (sulfide) groups is 1. The Bertz CT molecular complexity index is 516. The molecule has 3 N–H and O–H groups in total. The van der Waals surface area contributed by atoms with Crippen molar-refractivity contribution in [2.75, 3.05) is 23.9 Å². The SMILES string of the molecule is COC(=O)C(N)CCSCC(=O)Nc1ccc(F)c(Cl)c1. The summed E-state index contributed by atoms with van der Waals surface area (Å²) in [6.07, 6.45) is 0.424. The Kier molecular flexibility index (Phi) is 7.49. The summed E-state index contributed by atoms with van der Waals surface area (Å²) in [4.78, 5) is 22.7. The van der Waals surface area contributed by atoms with Crippen molar-refractivity contribution >= 4 is 40.9 Å². The molecule has 0 bridgehead atoms. The first kappa shape index (κ1) is 17.7. The van der Waals surface area contributed by atoms with Crippen molar-refractivity contribution in [3.8, 4) is 0 Å². The maximum absolute atomic E-state index is 13.0. The third-order valence-corrected chi connectivity index (χ3v) is 3.79. The van der Waals surface area contributed by atoms with Gasteiger partial charge in [-0.25, -0.2) is 4.39 Å². The van der Waals surface area contributed by atoms with E-state index < -0.39 is 17.8 Å². The van der Waals surface area contributed by atoms with E-state index in [1.54, 1.807) is 0 Å². The Labute approximate surface area is 131 Å². The van der Waals surface area contributed by atoms with Crippen LogP contribution in [0.1, 0.15) is 6.42 Å². The van der Waals surface area contributed by atoms with E-state index in [1.807, 2.05) is 0 Å². The molecule has 0 radical (unpaired) electrons. The minimum atomic E-state index is -0.679. The van der Waals surface area contributed by atoms with E-state index in [-0.39, 0.29) is 16.7 Å². The second kappa shape index (κ2) is 8.86. The highest BCUT2D eigenvalue weighted by Gasteiger charge is 2.13. The number of carbonyl (C=O) groups excluding carboxylic acids is 2. The molecule has 1 aromatic carbocycles. The van der Waals surface area contributed by atoms with Gasteiger partial charge in [-0.1, -0.05) is 11.6 Å². The minimum Gasteiger partial charge on any atom is -0.468 e. The van der Waals surface area contributed by atoms with Crippen molar-refractivity contribution in [2.45, 2.75) is 12.5 Å². The van der Waals surface area contributed by atoms with Crippen LogP contribution < -0.4 is 11.1 Å². The van der Waals surface area contributed by atoms with Gasteiger partial charge in [0.05, 0.1) is 17.9 Å². The Hall–Kier alpha value is -1.31. The normalized spacial score (nSPS) is 11.8. The first-order chi connectivity index (χ1) is 9.93. The average molecular weight is 335 g/mol. The van der Waals surface area contributed by atoms with Crippen LogP contribution >= 0.6 is 23.4 Å². The molecule has 21 heavy (non-hydrogen) atoms. The Morgan fingerprint density at radius 2 is 2.24 bits per heavy atom. The maximum Gasteiger partial charge on any atom is 0.322 e. The number of halogens is 2. The number of nitrogens with one attached hydrogen (secondary N) is 1. The number of hydrogen-bond acceptors (Lipinski definition) is 5. The van der Waals surface area contributed by atoms with E-state index in [0.717, 1.165) is 0 Å². The topological polar surface area (TPSA) is 81.4 Å². The summed E-state index contributed by atoms with van der Waals surface area (Å²) < 4.78 is 17.5. The zero-order valence-corrected chi connectivity index (χ0v) is 13.0. The zero-order valence-electron chi connectivity index (χ0n) is 11.4. The van der Waals surface area contributed by atoms with Crippen molar-refractivity contribution in [3.05, 3.63) is 29.0 Å². The second-order valence-electron chi connectivity index (χ2n) is 4.15.